The SMILES string of the molecule is CC(C)(C)OC(=O)n1cnc2c(Cl)ncnc21.CCOC(=O)OC(C)(C)C.Clc1ncnc2nc[nH]c12.Cn1cnc2c(Cl)nc([N+](=O)[O-])nc21.Cn1cnc2c(Cl)ncnc21. The van der Waals surface area contributed by atoms with E-state index in [1.54, 1.807) is 66.4 Å². The average molecular weight is 938 g/mol. The summed E-state index contributed by atoms with van der Waals surface area (Å²) in [5.74, 6) is -0.522. The van der Waals surface area contributed by atoms with Crippen molar-refractivity contribution in [3.63, 3.8) is 0 Å². The molecule has 0 radical (unpaired) electrons. The molecule has 8 heterocycles. The molecule has 24 nitrogen and oxygen atoms in total. The van der Waals surface area contributed by atoms with Gasteiger partial charge in [-0.1, -0.05) is 39.8 Å². The summed E-state index contributed by atoms with van der Waals surface area (Å²) < 4.78 is 19.1. The van der Waals surface area contributed by atoms with E-state index in [0.29, 0.717) is 55.9 Å². The number of aryl methyl sites for hydroxylation is 2. The van der Waals surface area contributed by atoms with E-state index in [1.807, 2.05) is 7.05 Å². The van der Waals surface area contributed by atoms with Gasteiger partial charge in [0.25, 0.3) is 0 Å². The number of aromatic amines is 1. The van der Waals surface area contributed by atoms with Gasteiger partial charge in [0.15, 0.2) is 37.9 Å². The van der Waals surface area contributed by atoms with Gasteiger partial charge in [0.05, 0.1) is 25.6 Å². The van der Waals surface area contributed by atoms with Crippen molar-refractivity contribution < 1.29 is 28.7 Å². The summed E-state index contributed by atoms with van der Waals surface area (Å²) in [6.45, 7) is 12.8. The third-order valence-electron chi connectivity index (χ3n) is 6.83. The molecule has 62 heavy (non-hydrogen) atoms. The van der Waals surface area contributed by atoms with Gasteiger partial charge in [-0.2, -0.15) is 0 Å². The Labute approximate surface area is 370 Å². The van der Waals surface area contributed by atoms with Crippen molar-refractivity contribution in [3.05, 3.63) is 75.0 Å². The Balaban J connectivity index is 0.000000173. The van der Waals surface area contributed by atoms with Crippen LogP contribution >= 0.6 is 46.4 Å². The predicted octanol–water partition coefficient (Wildman–Crippen LogP) is 7.17. The van der Waals surface area contributed by atoms with Gasteiger partial charge in [-0.05, 0) is 70.0 Å². The van der Waals surface area contributed by atoms with Crippen LogP contribution in [-0.4, -0.2) is 113 Å². The lowest BCUT2D eigenvalue weighted by molar-refractivity contribution is -0.394. The summed E-state index contributed by atoms with van der Waals surface area (Å²) in [6, 6.07) is 0. The van der Waals surface area contributed by atoms with Crippen LogP contribution in [0, 0.1) is 10.1 Å². The molecular formula is C34H37Cl4N17O7. The molecule has 0 unspecified atom stereocenters. The standard InChI is InChI=1S/C10H11ClN4O2.C7H14O3.C6H4ClN5O2.C6H5ClN4.C5H3ClN4/c1-10(2,3)17-9(16)15-5-14-6-7(11)12-4-13-8(6)15;1-5-9-6(8)10-7(2,3)4;1-11-2-8-3-4(7)9-6(12(13)14)10-5(3)11;1-11-3-10-4-5(7)8-2-9-6(4)11;6-4-3-5(9-1-7-3)10-2-8-4/h4-5H,1-3H3;5H2,1-4H3;2H,1H3;2-3H,1H3;1-2H,(H,7,8,9,10). The second-order valence-electron chi connectivity index (χ2n) is 13.9. The molecule has 8 rings (SSSR count). The first-order valence-corrected chi connectivity index (χ1v) is 19.1. The highest BCUT2D eigenvalue weighted by Crippen LogP contribution is 2.21. The average Bonchev–Trinajstić information content (AvgIpc) is 4.00. The third-order valence-corrected chi connectivity index (χ3v) is 7.93. The molecule has 0 aliphatic rings. The molecule has 0 aliphatic heterocycles. The van der Waals surface area contributed by atoms with Crippen molar-refractivity contribution in [2.75, 3.05) is 6.61 Å². The van der Waals surface area contributed by atoms with Gasteiger partial charge < -0.3 is 38.4 Å². The van der Waals surface area contributed by atoms with Crippen molar-refractivity contribution in [2.45, 2.75) is 59.7 Å². The van der Waals surface area contributed by atoms with Crippen molar-refractivity contribution >= 4 is 109 Å². The Morgan fingerprint density at radius 3 is 1.74 bits per heavy atom. The molecule has 0 fully saturated rings. The molecule has 0 atom stereocenters. The summed E-state index contributed by atoms with van der Waals surface area (Å²) in [6.07, 6.45) is 8.90. The Morgan fingerprint density at radius 2 is 1.19 bits per heavy atom. The molecule has 0 saturated carbocycles. The molecule has 28 heteroatoms. The molecule has 328 valence electrons. The van der Waals surface area contributed by atoms with Gasteiger partial charge in [-0.15, -0.1) is 0 Å². The lowest BCUT2D eigenvalue weighted by Crippen LogP contribution is -2.26. The van der Waals surface area contributed by atoms with E-state index in [1.165, 1.54) is 47.1 Å². The summed E-state index contributed by atoms with van der Waals surface area (Å²) in [5, 5.41) is 11.4. The number of carbonyl (C=O) groups excluding carboxylic acids is 2. The minimum Gasteiger partial charge on any atom is -0.443 e. The van der Waals surface area contributed by atoms with E-state index in [-0.39, 0.29) is 10.3 Å². The second-order valence-corrected chi connectivity index (χ2v) is 15.3. The number of hydrogen-bond acceptors (Lipinski definition) is 19. The summed E-state index contributed by atoms with van der Waals surface area (Å²) in [5.41, 5.74) is 3.07. The normalized spacial score (nSPS) is 11.0. The largest absolute Gasteiger partial charge is 0.508 e. The zero-order chi connectivity index (χ0) is 45.9. The Kier molecular flexibility index (Phi) is 16.2. The highest BCUT2D eigenvalue weighted by atomic mass is 35.5. The Hall–Kier alpha value is -6.50. The first-order valence-electron chi connectivity index (χ1n) is 17.6. The molecule has 8 aromatic heterocycles. The number of ether oxygens (including phenoxy) is 3. The minimum atomic E-state index is -0.696. The summed E-state index contributed by atoms with van der Waals surface area (Å²) >= 11 is 22.9. The summed E-state index contributed by atoms with van der Waals surface area (Å²) in [7, 11) is 3.53. The zero-order valence-corrected chi connectivity index (χ0v) is 37.3. The van der Waals surface area contributed by atoms with Crippen molar-refractivity contribution in [2.24, 2.45) is 14.1 Å². The van der Waals surface area contributed by atoms with Crippen LogP contribution in [0.25, 0.3) is 44.7 Å². The maximum atomic E-state index is 11.8. The molecule has 0 bridgehead atoms. The number of nitrogens with zero attached hydrogens (tertiary/aromatic N) is 16. The lowest BCUT2D eigenvalue weighted by Gasteiger charge is -2.19. The number of halogens is 4. The lowest BCUT2D eigenvalue weighted by atomic mass is 10.2. The highest BCUT2D eigenvalue weighted by Gasteiger charge is 2.22. The van der Waals surface area contributed by atoms with Gasteiger partial charge in [0.2, 0.25) is 10.8 Å². The smallest absolute Gasteiger partial charge is 0.443 e. The van der Waals surface area contributed by atoms with E-state index in [0.717, 1.165) is 5.65 Å². The Bertz CT molecular complexity index is 2810. The van der Waals surface area contributed by atoms with Gasteiger partial charge in [0, 0.05) is 14.1 Å². The molecule has 0 amide bonds. The number of imidazole rings is 4. The zero-order valence-electron chi connectivity index (χ0n) is 34.3. The number of hydrogen-bond donors (Lipinski definition) is 1. The quantitative estimate of drug-likeness (QED) is 0.0777. The first-order chi connectivity index (χ1) is 29.1. The van der Waals surface area contributed by atoms with Crippen molar-refractivity contribution in [3.8, 4) is 0 Å². The van der Waals surface area contributed by atoms with Crippen LogP contribution in [0.15, 0.2) is 44.3 Å². The second kappa shape index (κ2) is 20.8. The fourth-order valence-electron chi connectivity index (χ4n) is 4.34. The van der Waals surface area contributed by atoms with Gasteiger partial charge in [0.1, 0.15) is 53.1 Å². The molecule has 0 saturated heterocycles. The van der Waals surface area contributed by atoms with E-state index in [2.05, 4.69) is 69.5 Å². The van der Waals surface area contributed by atoms with Crippen LogP contribution in [0.2, 0.25) is 20.6 Å². The number of nitro groups is 1. The van der Waals surface area contributed by atoms with Crippen LogP contribution in [0.1, 0.15) is 48.5 Å². The maximum absolute atomic E-state index is 11.8. The van der Waals surface area contributed by atoms with Crippen molar-refractivity contribution in [1.29, 1.82) is 0 Å². The van der Waals surface area contributed by atoms with Gasteiger partial charge in [-0.25, -0.2) is 64.0 Å². The molecule has 8 aromatic rings. The molecule has 0 aromatic carbocycles. The van der Waals surface area contributed by atoms with E-state index in [9.17, 15) is 19.7 Å². The van der Waals surface area contributed by atoms with E-state index < -0.39 is 34.3 Å². The maximum Gasteiger partial charge on any atom is 0.508 e. The minimum absolute atomic E-state index is 0.0118. The van der Waals surface area contributed by atoms with Crippen LogP contribution in [0.3, 0.4) is 0 Å². The molecule has 1 N–H and O–H groups in total. The van der Waals surface area contributed by atoms with Gasteiger partial charge in [-0.3, -0.25) is 0 Å². The fourth-order valence-corrected chi connectivity index (χ4v) is 5.09. The molecule has 0 aliphatic carbocycles. The highest BCUT2D eigenvalue weighted by molar-refractivity contribution is 6.34. The van der Waals surface area contributed by atoms with Crippen LogP contribution < -0.4 is 0 Å². The number of H-pyrrole nitrogens is 1. The monoisotopic (exact) mass is 935 g/mol. The number of nitrogens with one attached hydrogen (secondary N) is 1. The summed E-state index contributed by atoms with van der Waals surface area (Å²) in [4.78, 5) is 81.2. The number of rotatable bonds is 2. The fraction of sp³-hybridized carbons (Fsp3) is 0.353. The van der Waals surface area contributed by atoms with Crippen LogP contribution in [0.5, 0.6) is 0 Å². The predicted molar refractivity (Wildman–Crippen MR) is 226 cm³/mol. The molecule has 0 spiro atoms. The van der Waals surface area contributed by atoms with E-state index >= 15 is 0 Å². The van der Waals surface area contributed by atoms with Gasteiger partial charge >= 0.3 is 18.2 Å². The topological polar surface area (TPSA) is 290 Å². The van der Waals surface area contributed by atoms with Crippen LogP contribution in [-0.2, 0) is 28.3 Å². The van der Waals surface area contributed by atoms with E-state index in [4.69, 9.17) is 55.9 Å². The number of carbonyl (C=O) groups is 2. The Morgan fingerprint density at radius 1 is 0.677 bits per heavy atom. The number of aromatic nitrogens is 16. The van der Waals surface area contributed by atoms with Crippen LogP contribution in [0.4, 0.5) is 15.5 Å². The number of fused-ring (bicyclic) bond motifs is 4. The first kappa shape index (κ1) is 48.2. The molecular weight excluding hydrogens is 900 g/mol. The third kappa shape index (κ3) is 13.2. The van der Waals surface area contributed by atoms with Crippen molar-refractivity contribution in [1.82, 2.24) is 78.5 Å².